The van der Waals surface area contributed by atoms with Gasteiger partial charge in [0.05, 0.1) is 24.8 Å². The van der Waals surface area contributed by atoms with Gasteiger partial charge < -0.3 is 18.9 Å². The van der Waals surface area contributed by atoms with Gasteiger partial charge in [-0.1, -0.05) is 0 Å². The number of aromatic amines is 1. The van der Waals surface area contributed by atoms with Crippen LogP contribution >= 0.6 is 31.9 Å². The predicted octanol–water partition coefficient (Wildman–Crippen LogP) is 3.12. The molecule has 0 amide bonds. The molecule has 27 heavy (non-hydrogen) atoms. The molecule has 1 aromatic carbocycles. The van der Waals surface area contributed by atoms with Crippen molar-refractivity contribution in [3.05, 3.63) is 20.7 Å². The van der Waals surface area contributed by atoms with Crippen LogP contribution in [0.2, 0.25) is 0 Å². The Hall–Kier alpha value is -2.14. The molecule has 2 rings (SSSR count). The van der Waals surface area contributed by atoms with Crippen LogP contribution in [0, 0.1) is 0 Å². The number of benzene rings is 1. The average molecular weight is 507 g/mol. The van der Waals surface area contributed by atoms with Gasteiger partial charge in [-0.15, -0.1) is 5.10 Å². The molecule has 0 aliphatic heterocycles. The number of esters is 2. The third-order valence-electron chi connectivity index (χ3n) is 3.26. The molecule has 11 heteroatoms. The van der Waals surface area contributed by atoms with Crippen LogP contribution in [0.15, 0.2) is 15.0 Å². The quantitative estimate of drug-likeness (QED) is 0.543. The minimum Gasteiger partial charge on any atom is -0.490 e. The highest BCUT2D eigenvalue weighted by molar-refractivity contribution is 9.13. The highest BCUT2D eigenvalue weighted by atomic mass is 79.9. The molecule has 0 unspecified atom stereocenters. The van der Waals surface area contributed by atoms with E-state index in [1.807, 2.05) is 0 Å². The van der Waals surface area contributed by atoms with Gasteiger partial charge in [0.15, 0.2) is 23.8 Å². The van der Waals surface area contributed by atoms with Crippen LogP contribution < -0.4 is 9.47 Å². The van der Waals surface area contributed by atoms with E-state index in [-0.39, 0.29) is 24.6 Å². The molecule has 1 aromatic heterocycles. The number of carbonyl (C=O) groups excluding carboxylic acids is 2. The molecule has 2 aromatic rings. The largest absolute Gasteiger partial charge is 0.490 e. The van der Waals surface area contributed by atoms with E-state index in [4.69, 9.17) is 14.2 Å². The topological polar surface area (TPSA) is 113 Å². The summed E-state index contributed by atoms with van der Waals surface area (Å²) in [4.78, 5) is 23.5. The number of hydrogen-bond donors (Lipinski definition) is 1. The molecule has 0 radical (unpaired) electrons. The number of halogens is 2. The Labute approximate surface area is 172 Å². The van der Waals surface area contributed by atoms with E-state index in [1.165, 1.54) is 7.11 Å². The normalized spacial score (nSPS) is 10.4. The van der Waals surface area contributed by atoms with Crippen LogP contribution in [0.4, 0.5) is 0 Å². The van der Waals surface area contributed by atoms with Crippen molar-refractivity contribution in [1.29, 1.82) is 0 Å². The second-order valence-electron chi connectivity index (χ2n) is 4.92. The number of methoxy groups -OCH3 is 1. The molecule has 9 nitrogen and oxygen atoms in total. The summed E-state index contributed by atoms with van der Waals surface area (Å²) < 4.78 is 21.7. The summed E-state index contributed by atoms with van der Waals surface area (Å²) in [7, 11) is 1.27. The number of nitrogens with one attached hydrogen (secondary N) is 1. The molecule has 0 saturated carbocycles. The minimum atomic E-state index is -0.603. The Bertz CT molecular complexity index is 840. The standard InChI is InChI=1S/C16H17Br2N3O6/c1-4-25-9-6-8(13-14(20-21-19-13)16(23)26-5-2)11(17)12(18)15(9)27-7-10(22)24-3/h6H,4-5,7H2,1-3H3,(H,19,20,21). The smallest absolute Gasteiger partial charge is 0.361 e. The van der Waals surface area contributed by atoms with Crippen LogP contribution in [0.25, 0.3) is 11.3 Å². The maximum Gasteiger partial charge on any atom is 0.361 e. The number of hydrogen-bond acceptors (Lipinski definition) is 8. The number of nitrogens with zero attached hydrogens (tertiary/aromatic N) is 2. The molecule has 0 spiro atoms. The van der Waals surface area contributed by atoms with Crippen LogP contribution in [-0.4, -0.2) is 54.3 Å². The van der Waals surface area contributed by atoms with E-state index in [0.717, 1.165) is 0 Å². The van der Waals surface area contributed by atoms with Crippen molar-refractivity contribution in [2.24, 2.45) is 0 Å². The molecular weight excluding hydrogens is 490 g/mol. The maximum atomic E-state index is 12.1. The van der Waals surface area contributed by atoms with Gasteiger partial charge in [0.2, 0.25) is 0 Å². The fourth-order valence-corrected chi connectivity index (χ4v) is 3.11. The van der Waals surface area contributed by atoms with Crippen molar-refractivity contribution in [1.82, 2.24) is 15.4 Å². The van der Waals surface area contributed by atoms with Crippen molar-refractivity contribution in [2.75, 3.05) is 26.9 Å². The molecule has 0 saturated heterocycles. The number of H-pyrrole nitrogens is 1. The lowest BCUT2D eigenvalue weighted by Crippen LogP contribution is -2.13. The van der Waals surface area contributed by atoms with Crippen molar-refractivity contribution >= 4 is 43.8 Å². The summed E-state index contributed by atoms with van der Waals surface area (Å²) in [6.45, 7) is 3.77. The second kappa shape index (κ2) is 9.70. The van der Waals surface area contributed by atoms with E-state index < -0.39 is 11.9 Å². The Morgan fingerprint density at radius 1 is 1.11 bits per heavy atom. The van der Waals surface area contributed by atoms with Crippen molar-refractivity contribution in [3.8, 4) is 22.8 Å². The molecule has 0 aliphatic carbocycles. The highest BCUT2D eigenvalue weighted by Gasteiger charge is 2.25. The monoisotopic (exact) mass is 505 g/mol. The molecular formula is C16H17Br2N3O6. The summed E-state index contributed by atoms with van der Waals surface area (Å²) in [6, 6.07) is 1.63. The molecule has 146 valence electrons. The molecule has 1 heterocycles. The van der Waals surface area contributed by atoms with E-state index in [1.54, 1.807) is 19.9 Å². The number of ether oxygens (including phenoxy) is 4. The average Bonchev–Trinajstić information content (AvgIpc) is 3.14. The fourth-order valence-electron chi connectivity index (χ4n) is 2.11. The zero-order valence-corrected chi connectivity index (χ0v) is 18.0. The lowest BCUT2D eigenvalue weighted by Gasteiger charge is -2.16. The van der Waals surface area contributed by atoms with Gasteiger partial charge in [-0.2, -0.15) is 10.3 Å². The first kappa shape index (κ1) is 21.2. The first-order valence-corrected chi connectivity index (χ1v) is 9.45. The van der Waals surface area contributed by atoms with Gasteiger partial charge >= 0.3 is 11.9 Å². The Morgan fingerprint density at radius 3 is 2.48 bits per heavy atom. The highest BCUT2D eigenvalue weighted by Crippen LogP contribution is 2.46. The van der Waals surface area contributed by atoms with Crippen LogP contribution in [0.3, 0.4) is 0 Å². The zero-order valence-electron chi connectivity index (χ0n) is 14.8. The SMILES string of the molecule is CCOC(=O)c1n[nH]nc1-c1cc(OCC)c(OCC(=O)OC)c(Br)c1Br. The molecule has 1 N–H and O–H groups in total. The third-order valence-corrected chi connectivity index (χ3v) is 5.37. The Balaban J connectivity index is 2.52. The fraction of sp³-hybridized carbons (Fsp3) is 0.375. The van der Waals surface area contributed by atoms with Crippen LogP contribution in [-0.2, 0) is 14.3 Å². The van der Waals surface area contributed by atoms with Crippen LogP contribution in [0.5, 0.6) is 11.5 Å². The Kier molecular flexibility index (Phi) is 7.60. The van der Waals surface area contributed by atoms with Gasteiger partial charge in [0.25, 0.3) is 0 Å². The van der Waals surface area contributed by atoms with Crippen molar-refractivity contribution < 1.29 is 28.5 Å². The lowest BCUT2D eigenvalue weighted by molar-refractivity contribution is -0.142. The number of carbonyl (C=O) groups is 2. The van der Waals surface area contributed by atoms with Gasteiger partial charge in [-0.25, -0.2) is 9.59 Å². The van der Waals surface area contributed by atoms with Crippen LogP contribution in [0.1, 0.15) is 24.3 Å². The van der Waals surface area contributed by atoms with Gasteiger partial charge in [0.1, 0.15) is 5.69 Å². The van der Waals surface area contributed by atoms with Crippen molar-refractivity contribution in [3.63, 3.8) is 0 Å². The molecule has 0 aliphatic rings. The van der Waals surface area contributed by atoms with E-state index >= 15 is 0 Å². The number of aromatic nitrogens is 3. The summed E-state index contributed by atoms with van der Waals surface area (Å²) in [5.41, 5.74) is 0.837. The molecule has 0 bridgehead atoms. The maximum absolute atomic E-state index is 12.1. The van der Waals surface area contributed by atoms with Gasteiger partial charge in [-0.05, 0) is 51.8 Å². The van der Waals surface area contributed by atoms with Gasteiger partial charge in [-0.3, -0.25) is 0 Å². The summed E-state index contributed by atoms with van der Waals surface area (Å²) >= 11 is 6.88. The zero-order chi connectivity index (χ0) is 20.0. The summed E-state index contributed by atoms with van der Waals surface area (Å²) in [5.74, 6) is -0.484. The molecule has 0 fully saturated rings. The minimum absolute atomic E-state index is 0.0372. The van der Waals surface area contributed by atoms with E-state index in [0.29, 0.717) is 32.6 Å². The van der Waals surface area contributed by atoms with Crippen molar-refractivity contribution in [2.45, 2.75) is 13.8 Å². The van der Waals surface area contributed by atoms with Gasteiger partial charge in [0, 0.05) is 10.0 Å². The summed E-state index contributed by atoms with van der Waals surface area (Å²) in [6.07, 6.45) is 0. The predicted molar refractivity (Wildman–Crippen MR) is 102 cm³/mol. The molecule has 0 atom stereocenters. The summed E-state index contributed by atoms with van der Waals surface area (Å²) in [5, 5.41) is 10.3. The number of rotatable bonds is 8. The first-order valence-electron chi connectivity index (χ1n) is 7.87. The lowest BCUT2D eigenvalue weighted by atomic mass is 10.1. The first-order chi connectivity index (χ1) is 12.9. The third kappa shape index (κ3) is 4.78. The van der Waals surface area contributed by atoms with E-state index in [9.17, 15) is 9.59 Å². The van der Waals surface area contributed by atoms with E-state index in [2.05, 4.69) is 52.0 Å². The Morgan fingerprint density at radius 2 is 1.85 bits per heavy atom. The second-order valence-corrected chi connectivity index (χ2v) is 6.50.